The Hall–Kier alpha value is -3.19. The second kappa shape index (κ2) is 14.9. The number of rotatable bonds is 15. The minimum Gasteiger partial charge on any atom is -0.492 e. The highest BCUT2D eigenvalue weighted by Crippen LogP contribution is 2.38. The van der Waals surface area contributed by atoms with Gasteiger partial charge in [-0.15, -0.1) is 10.2 Å². The van der Waals surface area contributed by atoms with Crippen molar-refractivity contribution in [3.63, 3.8) is 0 Å². The molecule has 0 spiro atoms. The van der Waals surface area contributed by atoms with Crippen LogP contribution in [0.2, 0.25) is 25.7 Å². The van der Waals surface area contributed by atoms with Gasteiger partial charge in [0.25, 0.3) is 0 Å². The lowest BCUT2D eigenvalue weighted by Crippen LogP contribution is -2.26. The molecule has 6 rings (SSSR count). The van der Waals surface area contributed by atoms with Gasteiger partial charge in [-0.25, -0.2) is 4.98 Å². The standard InChI is InChI=1S/C33H46N8O2SSi/c1-45(2,3)18-17-42-24-41(33-39-38-32(44-33)25-9-4-5-10-25)31-12-11-29-30(37-31)20-27(22-35-29)36-26-19-28(23-34-21-26)43-16-8-15-40-13-6-7-14-40/h11-12,19-23,25,36H,4-10,13-18,24H2,1-3H3. The summed E-state index contributed by atoms with van der Waals surface area (Å²) < 4.78 is 12.2. The van der Waals surface area contributed by atoms with Crippen LogP contribution >= 0.6 is 11.3 Å². The molecular formula is C33H46N8O2SSi. The van der Waals surface area contributed by atoms with Crippen LogP contribution in [-0.2, 0) is 4.74 Å². The van der Waals surface area contributed by atoms with Gasteiger partial charge in [0.05, 0.1) is 47.6 Å². The van der Waals surface area contributed by atoms with E-state index in [4.69, 9.17) is 14.5 Å². The highest BCUT2D eigenvalue weighted by Gasteiger charge is 2.24. The van der Waals surface area contributed by atoms with Crippen molar-refractivity contribution in [2.45, 2.75) is 76.5 Å². The van der Waals surface area contributed by atoms with Gasteiger partial charge in [-0.3, -0.25) is 14.9 Å². The molecule has 4 aromatic heterocycles. The van der Waals surface area contributed by atoms with Gasteiger partial charge in [-0.05, 0) is 69.4 Å². The molecule has 0 radical (unpaired) electrons. The number of hydrogen-bond acceptors (Lipinski definition) is 11. The zero-order valence-electron chi connectivity index (χ0n) is 26.9. The summed E-state index contributed by atoms with van der Waals surface area (Å²) in [5, 5.41) is 14.6. The number of aromatic nitrogens is 5. The summed E-state index contributed by atoms with van der Waals surface area (Å²) in [6, 6.07) is 9.11. The lowest BCUT2D eigenvalue weighted by atomic mass is 10.1. The zero-order valence-corrected chi connectivity index (χ0v) is 28.7. The lowest BCUT2D eigenvalue weighted by molar-refractivity contribution is 0.153. The predicted molar refractivity (Wildman–Crippen MR) is 185 cm³/mol. The molecule has 2 fully saturated rings. The number of nitrogens with zero attached hydrogens (tertiary/aromatic N) is 7. The van der Waals surface area contributed by atoms with Gasteiger partial charge in [0, 0.05) is 33.2 Å². The number of ether oxygens (including phenoxy) is 2. The molecule has 45 heavy (non-hydrogen) atoms. The van der Waals surface area contributed by atoms with Gasteiger partial charge in [-0.2, -0.15) is 0 Å². The predicted octanol–water partition coefficient (Wildman–Crippen LogP) is 7.59. The van der Waals surface area contributed by atoms with Crippen LogP contribution in [0.4, 0.5) is 22.3 Å². The van der Waals surface area contributed by atoms with Gasteiger partial charge in [-0.1, -0.05) is 43.8 Å². The fourth-order valence-electron chi connectivity index (χ4n) is 5.86. The van der Waals surface area contributed by atoms with Crippen molar-refractivity contribution in [2.24, 2.45) is 0 Å². The third-order valence-electron chi connectivity index (χ3n) is 8.47. The van der Waals surface area contributed by atoms with Crippen molar-refractivity contribution in [3.05, 3.63) is 47.9 Å². The number of fused-ring (bicyclic) bond motifs is 1. The largest absolute Gasteiger partial charge is 0.492 e. The van der Waals surface area contributed by atoms with E-state index in [1.54, 1.807) is 23.7 Å². The average molecular weight is 647 g/mol. The molecule has 0 amide bonds. The van der Waals surface area contributed by atoms with E-state index in [1.165, 1.54) is 51.6 Å². The summed E-state index contributed by atoms with van der Waals surface area (Å²) in [4.78, 5) is 18.7. The third-order valence-corrected chi connectivity index (χ3v) is 11.3. The molecule has 0 unspecified atom stereocenters. The molecule has 10 nitrogen and oxygen atoms in total. The van der Waals surface area contributed by atoms with Crippen molar-refractivity contribution in [1.29, 1.82) is 0 Å². The first-order chi connectivity index (χ1) is 21.9. The first-order valence-electron chi connectivity index (χ1n) is 16.4. The number of hydrogen-bond donors (Lipinski definition) is 1. The van der Waals surface area contributed by atoms with Crippen molar-refractivity contribution < 1.29 is 9.47 Å². The minimum atomic E-state index is -1.21. The Balaban J connectivity index is 1.15. The Labute approximate surface area is 271 Å². The Morgan fingerprint density at radius 1 is 0.956 bits per heavy atom. The van der Waals surface area contributed by atoms with Gasteiger partial charge in [0.15, 0.2) is 0 Å². The molecule has 1 saturated carbocycles. The van der Waals surface area contributed by atoms with Gasteiger partial charge >= 0.3 is 0 Å². The molecule has 1 aliphatic heterocycles. The van der Waals surface area contributed by atoms with Crippen LogP contribution in [0.15, 0.2) is 42.9 Å². The van der Waals surface area contributed by atoms with Crippen LogP contribution in [0.25, 0.3) is 11.0 Å². The summed E-state index contributed by atoms with van der Waals surface area (Å²) in [6.45, 7) is 12.4. The van der Waals surface area contributed by atoms with Gasteiger partial charge in [0.1, 0.15) is 23.3 Å². The number of likely N-dealkylation sites (tertiary alicyclic amines) is 1. The van der Waals surface area contributed by atoms with Crippen molar-refractivity contribution in [2.75, 3.05) is 49.8 Å². The minimum absolute atomic E-state index is 0.379. The zero-order chi connectivity index (χ0) is 31.1. The molecule has 12 heteroatoms. The maximum Gasteiger partial charge on any atom is 0.215 e. The van der Waals surface area contributed by atoms with E-state index in [9.17, 15) is 0 Å². The van der Waals surface area contributed by atoms with Crippen molar-refractivity contribution in [3.8, 4) is 5.75 Å². The van der Waals surface area contributed by atoms with E-state index in [2.05, 4.69) is 50.0 Å². The van der Waals surface area contributed by atoms with E-state index in [-0.39, 0.29) is 0 Å². The van der Waals surface area contributed by atoms with Gasteiger partial charge < -0.3 is 19.7 Å². The molecule has 5 heterocycles. The van der Waals surface area contributed by atoms with E-state index >= 15 is 0 Å². The van der Waals surface area contributed by atoms with E-state index in [0.717, 1.165) is 69.7 Å². The van der Waals surface area contributed by atoms with E-state index < -0.39 is 8.07 Å². The van der Waals surface area contributed by atoms with Crippen molar-refractivity contribution >= 4 is 52.8 Å². The normalized spacial score (nSPS) is 16.1. The SMILES string of the molecule is C[Si](C)(C)CCOCN(c1ccc2ncc(Nc3cncc(OCCCN4CCCC4)c3)cc2n1)c1nnc(C2CCCC2)s1. The molecular weight excluding hydrogens is 601 g/mol. The van der Waals surface area contributed by atoms with Crippen LogP contribution in [0.5, 0.6) is 5.75 Å². The highest BCUT2D eigenvalue weighted by atomic mass is 32.1. The fourth-order valence-corrected chi connectivity index (χ4v) is 7.62. The quantitative estimate of drug-likeness (QED) is 0.0790. The smallest absolute Gasteiger partial charge is 0.215 e. The Morgan fingerprint density at radius 3 is 2.60 bits per heavy atom. The summed E-state index contributed by atoms with van der Waals surface area (Å²) in [5.74, 6) is 2.05. The Morgan fingerprint density at radius 2 is 1.78 bits per heavy atom. The maximum atomic E-state index is 6.21. The summed E-state index contributed by atoms with van der Waals surface area (Å²) in [7, 11) is -1.21. The second-order valence-corrected chi connectivity index (χ2v) is 20.0. The average Bonchev–Trinajstić information content (AvgIpc) is 3.82. The van der Waals surface area contributed by atoms with Gasteiger partial charge in [0.2, 0.25) is 5.13 Å². The third kappa shape index (κ3) is 8.96. The Kier molecular flexibility index (Phi) is 10.5. The lowest BCUT2D eigenvalue weighted by Gasteiger charge is -2.22. The molecule has 2 aliphatic rings. The summed E-state index contributed by atoms with van der Waals surface area (Å²) in [6.07, 6.45) is 13.9. The number of pyridine rings is 3. The number of nitrogens with one attached hydrogen (secondary N) is 1. The number of anilines is 4. The monoisotopic (exact) mass is 646 g/mol. The molecule has 240 valence electrons. The summed E-state index contributed by atoms with van der Waals surface area (Å²) in [5.41, 5.74) is 3.28. The molecule has 1 aliphatic carbocycles. The summed E-state index contributed by atoms with van der Waals surface area (Å²) >= 11 is 1.66. The molecule has 0 bridgehead atoms. The van der Waals surface area contributed by atoms with E-state index in [0.29, 0.717) is 19.3 Å². The van der Waals surface area contributed by atoms with Crippen molar-refractivity contribution in [1.82, 2.24) is 30.0 Å². The molecule has 0 aromatic carbocycles. The fraction of sp³-hybridized carbons (Fsp3) is 0.545. The molecule has 1 N–H and O–H groups in total. The maximum absolute atomic E-state index is 6.21. The topological polar surface area (TPSA) is 101 Å². The van der Waals surface area contributed by atoms with Crippen LogP contribution in [0.1, 0.15) is 55.9 Å². The van der Waals surface area contributed by atoms with Crippen LogP contribution in [0.3, 0.4) is 0 Å². The molecule has 4 aromatic rings. The molecule has 1 saturated heterocycles. The molecule has 0 atom stereocenters. The highest BCUT2D eigenvalue weighted by molar-refractivity contribution is 7.15. The Bertz CT molecular complexity index is 1530. The first kappa shape index (κ1) is 31.8. The van der Waals surface area contributed by atoms with Crippen LogP contribution in [-0.4, -0.2) is 77.7 Å². The van der Waals surface area contributed by atoms with Crippen LogP contribution < -0.4 is 15.0 Å². The first-order valence-corrected chi connectivity index (χ1v) is 20.9. The van der Waals surface area contributed by atoms with Crippen LogP contribution in [0, 0.1) is 0 Å². The van der Waals surface area contributed by atoms with E-state index in [1.807, 2.05) is 35.4 Å². The second-order valence-electron chi connectivity index (χ2n) is 13.4.